The molecule has 0 fully saturated rings. The average molecular weight is 1050 g/mol. The van der Waals surface area contributed by atoms with Crippen molar-refractivity contribution in [3.63, 3.8) is 0 Å². The molecule has 8 rings (SSSR count). The summed E-state index contributed by atoms with van der Waals surface area (Å²) < 4.78 is 59.0. The minimum Gasteiger partial charge on any atom is -0.308 e. The SMILES string of the molecule is CC(CCCc1ccccc1)n1nnc2c(=O)[nH]c(Cc3ccc(S(=O)(=O)NCCN(C)C)cc3)nc21.CC(CCCc1ccccc1)n1nnc2c(=O)[nH]c(Cc3cccc(S(=O)(=O)NCCN(C)C)c3)nc21. The van der Waals surface area contributed by atoms with Crippen LogP contribution < -0.4 is 20.6 Å². The highest BCUT2D eigenvalue weighted by Gasteiger charge is 2.20. The number of aryl methyl sites for hydroxylation is 2. The molecule has 22 heteroatoms. The highest BCUT2D eigenvalue weighted by molar-refractivity contribution is 7.89. The number of aromatic nitrogens is 10. The summed E-state index contributed by atoms with van der Waals surface area (Å²) in [6.45, 7) is 5.93. The number of hydrogen-bond donors (Lipinski definition) is 4. The Morgan fingerprint density at radius 1 is 0.541 bits per heavy atom. The van der Waals surface area contributed by atoms with Crippen LogP contribution in [0.1, 0.15) is 85.5 Å². The third-order valence-corrected chi connectivity index (χ3v) is 15.3. The van der Waals surface area contributed by atoms with Gasteiger partial charge < -0.3 is 19.8 Å². The summed E-state index contributed by atoms with van der Waals surface area (Å²) in [7, 11) is 0.301. The molecule has 4 heterocycles. The number of nitrogens with one attached hydrogen (secondary N) is 4. The molecule has 0 aliphatic heterocycles. The number of sulfonamides is 2. The second-order valence-corrected chi connectivity index (χ2v) is 22.5. The second-order valence-electron chi connectivity index (χ2n) is 18.9. The fourth-order valence-corrected chi connectivity index (χ4v) is 10.4. The molecule has 0 aliphatic carbocycles. The Morgan fingerprint density at radius 3 is 1.43 bits per heavy atom. The topological polar surface area (TPSA) is 252 Å². The number of hydrogen-bond acceptors (Lipinski definition) is 14. The van der Waals surface area contributed by atoms with E-state index in [1.54, 1.807) is 51.8 Å². The van der Waals surface area contributed by atoms with Gasteiger partial charge in [-0.2, -0.15) is 0 Å². The Balaban J connectivity index is 0.000000216. The van der Waals surface area contributed by atoms with Crippen LogP contribution in [0.4, 0.5) is 0 Å². The second kappa shape index (κ2) is 25.4. The number of nitrogens with zero attached hydrogens (tertiary/aromatic N) is 10. The zero-order valence-electron chi connectivity index (χ0n) is 42.8. The molecule has 0 amide bonds. The van der Waals surface area contributed by atoms with Crippen molar-refractivity contribution in [1.82, 2.24) is 69.2 Å². The van der Waals surface area contributed by atoms with E-state index in [-0.39, 0.29) is 50.4 Å². The molecule has 4 aromatic carbocycles. The van der Waals surface area contributed by atoms with Crippen LogP contribution in [0.25, 0.3) is 22.3 Å². The van der Waals surface area contributed by atoms with Gasteiger partial charge in [0.2, 0.25) is 20.0 Å². The van der Waals surface area contributed by atoms with E-state index in [0.717, 1.165) is 44.1 Å². The minimum atomic E-state index is -3.64. The Bertz CT molecular complexity index is 3440. The van der Waals surface area contributed by atoms with Gasteiger partial charge in [0.25, 0.3) is 11.1 Å². The first-order chi connectivity index (χ1) is 35.5. The van der Waals surface area contributed by atoms with Crippen LogP contribution in [-0.2, 0) is 45.7 Å². The standard InChI is InChI=1S/2C26H33N7O3S/c1-19(9-7-12-20-10-5-4-6-11-20)33-25-24(30-31-33)26(34)29-23(28-25)18-21-13-8-14-22(17-21)37(35,36)27-15-16-32(2)3;1-19(8-7-11-20-9-5-4-6-10-20)33-25-24(30-31-33)26(34)29-23(28-25)18-21-12-14-22(15-13-21)37(35,36)27-16-17-32(2)3/h4-6,8,10-11,13-14,17,19,27H,7,9,12,15-16,18H2,1-3H3,(H,28,29,34);4-6,9-10,12-15,19,27H,7-8,11,16-18H2,1-3H3,(H,28,29,34). The maximum Gasteiger partial charge on any atom is 0.281 e. The van der Waals surface area contributed by atoms with Gasteiger partial charge in [0.1, 0.15) is 11.6 Å². The summed E-state index contributed by atoms with van der Waals surface area (Å²) in [5.41, 5.74) is 4.70. The average Bonchev–Trinajstić information content (AvgIpc) is 4.01. The number of rotatable bonds is 24. The third-order valence-electron chi connectivity index (χ3n) is 12.4. The first kappa shape index (κ1) is 54.9. The molecule has 2 unspecified atom stereocenters. The Labute approximate surface area is 431 Å². The van der Waals surface area contributed by atoms with Gasteiger partial charge in [0, 0.05) is 39.0 Å². The predicted octanol–water partition coefficient (Wildman–Crippen LogP) is 5.06. The quantitative estimate of drug-likeness (QED) is 0.0618. The molecule has 0 saturated carbocycles. The first-order valence-corrected chi connectivity index (χ1v) is 27.6. The molecule has 20 nitrogen and oxygen atoms in total. The molecule has 0 radical (unpaired) electrons. The minimum absolute atomic E-state index is 0.0116. The van der Waals surface area contributed by atoms with E-state index in [2.05, 4.69) is 74.3 Å². The summed E-state index contributed by atoms with van der Waals surface area (Å²) >= 11 is 0. The van der Waals surface area contributed by atoms with Gasteiger partial charge in [-0.3, -0.25) is 9.59 Å². The van der Waals surface area contributed by atoms with Crippen LogP contribution >= 0.6 is 0 Å². The van der Waals surface area contributed by atoms with Gasteiger partial charge in [0.05, 0.1) is 21.9 Å². The molecular formula is C52H66N14O6S2. The lowest BCUT2D eigenvalue weighted by Gasteiger charge is -2.12. The highest BCUT2D eigenvalue weighted by Crippen LogP contribution is 2.21. The molecule has 8 aromatic rings. The summed E-state index contributed by atoms with van der Waals surface area (Å²) in [5.74, 6) is 0.893. The van der Waals surface area contributed by atoms with Crippen molar-refractivity contribution < 1.29 is 16.8 Å². The Morgan fingerprint density at radius 2 is 0.973 bits per heavy atom. The molecule has 74 heavy (non-hydrogen) atoms. The molecule has 0 aliphatic rings. The highest BCUT2D eigenvalue weighted by atomic mass is 32.2. The zero-order valence-corrected chi connectivity index (χ0v) is 44.4. The lowest BCUT2D eigenvalue weighted by Crippen LogP contribution is -2.31. The number of H-pyrrole nitrogens is 2. The normalized spacial score (nSPS) is 12.9. The van der Waals surface area contributed by atoms with Crippen molar-refractivity contribution in [1.29, 1.82) is 0 Å². The van der Waals surface area contributed by atoms with Crippen molar-refractivity contribution in [2.75, 3.05) is 54.4 Å². The van der Waals surface area contributed by atoms with Crippen LogP contribution in [0.5, 0.6) is 0 Å². The van der Waals surface area contributed by atoms with Gasteiger partial charge in [-0.25, -0.2) is 45.6 Å². The summed E-state index contributed by atoms with van der Waals surface area (Å²) in [5, 5.41) is 16.5. The lowest BCUT2D eigenvalue weighted by atomic mass is 10.1. The van der Waals surface area contributed by atoms with E-state index in [0.29, 0.717) is 61.1 Å². The molecule has 392 valence electrons. The van der Waals surface area contributed by atoms with E-state index >= 15 is 0 Å². The van der Waals surface area contributed by atoms with Crippen LogP contribution in [0.2, 0.25) is 0 Å². The van der Waals surface area contributed by atoms with E-state index in [9.17, 15) is 26.4 Å². The number of aromatic amines is 2. The van der Waals surface area contributed by atoms with Crippen LogP contribution in [0.3, 0.4) is 0 Å². The maximum atomic E-state index is 12.7. The number of likely N-dealkylation sites (N-methyl/N-ethyl adjacent to an activating group) is 2. The van der Waals surface area contributed by atoms with E-state index < -0.39 is 20.0 Å². The smallest absolute Gasteiger partial charge is 0.281 e. The molecular weight excluding hydrogens is 981 g/mol. The first-order valence-electron chi connectivity index (χ1n) is 24.7. The van der Waals surface area contributed by atoms with Gasteiger partial charge >= 0.3 is 0 Å². The van der Waals surface area contributed by atoms with Crippen molar-refractivity contribution in [3.05, 3.63) is 164 Å². The van der Waals surface area contributed by atoms with Crippen LogP contribution in [-0.4, -0.2) is 131 Å². The molecule has 2 atom stereocenters. The molecule has 0 spiro atoms. The maximum absolute atomic E-state index is 12.7. The van der Waals surface area contributed by atoms with Gasteiger partial charge in [0.15, 0.2) is 22.3 Å². The summed E-state index contributed by atoms with van der Waals surface area (Å²) in [6, 6.07) is 33.9. The Hall–Kier alpha value is -6.82. The molecule has 0 bridgehead atoms. The summed E-state index contributed by atoms with van der Waals surface area (Å²) in [6.07, 6.45) is 6.20. The number of benzene rings is 4. The molecule has 4 aromatic heterocycles. The van der Waals surface area contributed by atoms with E-state index in [1.807, 2.05) is 94.3 Å². The molecule has 4 N–H and O–H groups in total. The summed E-state index contributed by atoms with van der Waals surface area (Å²) in [4.78, 5) is 44.4. The van der Waals surface area contributed by atoms with Crippen molar-refractivity contribution >= 4 is 42.4 Å². The van der Waals surface area contributed by atoms with E-state index in [4.69, 9.17) is 0 Å². The van der Waals surface area contributed by atoms with Crippen LogP contribution in [0, 0.1) is 0 Å². The monoisotopic (exact) mass is 1050 g/mol. The van der Waals surface area contributed by atoms with Crippen molar-refractivity contribution in [2.45, 2.75) is 87.1 Å². The Kier molecular flexibility index (Phi) is 18.9. The number of fused-ring (bicyclic) bond motifs is 2. The zero-order chi connectivity index (χ0) is 52.8. The van der Waals surface area contributed by atoms with E-state index in [1.165, 1.54) is 11.1 Å². The fraction of sp³-hybridized carbons (Fsp3) is 0.385. The van der Waals surface area contributed by atoms with Gasteiger partial charge in [-0.15, -0.1) is 10.2 Å². The fourth-order valence-electron chi connectivity index (χ4n) is 8.24. The predicted molar refractivity (Wildman–Crippen MR) is 286 cm³/mol. The van der Waals surface area contributed by atoms with Gasteiger partial charge in [-0.05, 0) is 127 Å². The third kappa shape index (κ3) is 15.1. The van der Waals surface area contributed by atoms with Crippen LogP contribution in [0.15, 0.2) is 129 Å². The van der Waals surface area contributed by atoms with Crippen molar-refractivity contribution in [2.24, 2.45) is 0 Å². The molecule has 0 saturated heterocycles. The largest absolute Gasteiger partial charge is 0.308 e. The van der Waals surface area contributed by atoms with Gasteiger partial charge in [-0.1, -0.05) is 95.4 Å². The lowest BCUT2D eigenvalue weighted by molar-refractivity contribution is 0.412. The van der Waals surface area contributed by atoms with Crippen molar-refractivity contribution in [3.8, 4) is 0 Å².